The highest BCUT2D eigenvalue weighted by Crippen LogP contribution is 2.40. The summed E-state index contributed by atoms with van der Waals surface area (Å²) < 4.78 is 0. The third kappa shape index (κ3) is 3.16. The number of fused-ring (bicyclic) bond motifs is 1. The predicted octanol–water partition coefficient (Wildman–Crippen LogP) is 3.03. The van der Waals surface area contributed by atoms with Crippen molar-refractivity contribution in [1.29, 1.82) is 0 Å². The molecule has 142 valence electrons. The Labute approximate surface area is 167 Å². The number of rotatable bonds is 3. The van der Waals surface area contributed by atoms with Crippen LogP contribution in [-0.4, -0.2) is 35.0 Å². The molecule has 1 aliphatic carbocycles. The molecule has 1 aromatic carbocycles. The summed E-state index contributed by atoms with van der Waals surface area (Å²) in [6, 6.07) is 5.46. The lowest BCUT2D eigenvalue weighted by Crippen LogP contribution is -2.31. The highest BCUT2D eigenvalue weighted by atomic mass is 35.5. The number of primary amides is 1. The van der Waals surface area contributed by atoms with Gasteiger partial charge < -0.3 is 16.4 Å². The van der Waals surface area contributed by atoms with Crippen LogP contribution >= 0.6 is 23.2 Å². The van der Waals surface area contributed by atoms with Gasteiger partial charge in [0.2, 0.25) is 5.95 Å². The maximum absolute atomic E-state index is 12.2. The van der Waals surface area contributed by atoms with E-state index >= 15 is 0 Å². The van der Waals surface area contributed by atoms with E-state index < -0.39 is 5.91 Å². The first-order chi connectivity index (χ1) is 12.9. The fourth-order valence-electron chi connectivity index (χ4n) is 4.37. The Hall–Kier alpha value is -1.89. The first-order valence-electron chi connectivity index (χ1n) is 9.00. The van der Waals surface area contributed by atoms with Gasteiger partial charge >= 0.3 is 0 Å². The molecule has 1 saturated heterocycles. The summed E-state index contributed by atoms with van der Waals surface area (Å²) in [4.78, 5) is 23.5. The maximum atomic E-state index is 12.2. The van der Waals surface area contributed by atoms with E-state index in [9.17, 15) is 4.79 Å². The molecule has 2 heterocycles. The molecular formula is C19H21Cl2N5O. The molecule has 6 nitrogen and oxygen atoms in total. The van der Waals surface area contributed by atoms with Crippen molar-refractivity contribution in [2.75, 3.05) is 18.0 Å². The summed E-state index contributed by atoms with van der Waals surface area (Å²) in [5, 5.41) is 0.747. The number of aryl methyl sites for hydroxylation is 1. The normalized spacial score (nSPS) is 24.3. The van der Waals surface area contributed by atoms with Gasteiger partial charge in [-0.2, -0.15) is 0 Å². The zero-order valence-electron chi connectivity index (χ0n) is 15.0. The van der Waals surface area contributed by atoms with Crippen LogP contribution in [0.4, 0.5) is 5.95 Å². The first-order valence-corrected chi connectivity index (χ1v) is 9.75. The number of nitrogens with zero attached hydrogens (tertiary/aromatic N) is 3. The van der Waals surface area contributed by atoms with Crippen molar-refractivity contribution in [2.24, 2.45) is 23.3 Å². The van der Waals surface area contributed by atoms with Gasteiger partial charge in [-0.25, -0.2) is 9.97 Å². The molecule has 4 rings (SSSR count). The lowest BCUT2D eigenvalue weighted by molar-refractivity contribution is 0.0996. The molecule has 3 atom stereocenters. The topological polar surface area (TPSA) is 98.1 Å². The number of carbonyl (C=O) groups is 1. The lowest BCUT2D eigenvalue weighted by atomic mass is 9.98. The summed E-state index contributed by atoms with van der Waals surface area (Å²) in [5.41, 5.74) is 13.8. The van der Waals surface area contributed by atoms with E-state index in [1.54, 1.807) is 18.2 Å². The van der Waals surface area contributed by atoms with Crippen LogP contribution in [0, 0.1) is 18.8 Å². The SMILES string of the molecule is Cc1nc(N2C[C@H]3CC[C@@H](N)[C@H]3C2)nc(C(N)=O)c1-c1cccc(Cl)c1Cl. The van der Waals surface area contributed by atoms with Crippen LogP contribution in [0.25, 0.3) is 11.1 Å². The van der Waals surface area contributed by atoms with E-state index in [1.165, 1.54) is 0 Å². The second-order valence-corrected chi connectivity index (χ2v) is 8.15. The summed E-state index contributed by atoms with van der Waals surface area (Å²) in [7, 11) is 0. The maximum Gasteiger partial charge on any atom is 0.268 e. The number of carbonyl (C=O) groups excluding carboxylic acids is 1. The number of nitrogens with two attached hydrogens (primary N) is 2. The fourth-order valence-corrected chi connectivity index (χ4v) is 4.76. The molecule has 2 aromatic rings. The fraction of sp³-hybridized carbons (Fsp3) is 0.421. The van der Waals surface area contributed by atoms with Crippen LogP contribution < -0.4 is 16.4 Å². The second-order valence-electron chi connectivity index (χ2n) is 7.37. The minimum Gasteiger partial charge on any atom is -0.364 e. The summed E-state index contributed by atoms with van der Waals surface area (Å²) in [6.07, 6.45) is 2.20. The zero-order valence-corrected chi connectivity index (χ0v) is 16.5. The molecule has 2 fully saturated rings. The van der Waals surface area contributed by atoms with Crippen molar-refractivity contribution in [3.63, 3.8) is 0 Å². The molecule has 0 bridgehead atoms. The van der Waals surface area contributed by atoms with E-state index in [-0.39, 0.29) is 11.7 Å². The number of hydrogen-bond acceptors (Lipinski definition) is 5. The number of halogens is 2. The van der Waals surface area contributed by atoms with Gasteiger partial charge in [-0.15, -0.1) is 0 Å². The molecule has 1 aromatic heterocycles. The highest BCUT2D eigenvalue weighted by Gasteiger charge is 2.42. The predicted molar refractivity (Wildman–Crippen MR) is 107 cm³/mol. The number of aromatic nitrogens is 2. The van der Waals surface area contributed by atoms with E-state index in [0.717, 1.165) is 25.9 Å². The van der Waals surface area contributed by atoms with E-state index in [1.807, 2.05) is 6.92 Å². The van der Waals surface area contributed by atoms with Gasteiger partial charge in [-0.1, -0.05) is 35.3 Å². The van der Waals surface area contributed by atoms with Gasteiger partial charge in [0, 0.05) is 30.3 Å². The third-order valence-electron chi connectivity index (χ3n) is 5.73. The van der Waals surface area contributed by atoms with Crippen molar-refractivity contribution in [3.8, 4) is 11.1 Å². The molecule has 2 aliphatic rings. The Bertz CT molecular complexity index is 919. The van der Waals surface area contributed by atoms with Gasteiger partial charge in [0.15, 0.2) is 0 Å². The Kier molecular flexibility index (Phi) is 4.74. The van der Waals surface area contributed by atoms with Crippen molar-refractivity contribution >= 4 is 35.1 Å². The highest BCUT2D eigenvalue weighted by molar-refractivity contribution is 6.43. The zero-order chi connectivity index (χ0) is 19.3. The van der Waals surface area contributed by atoms with Crippen LogP contribution in [0.3, 0.4) is 0 Å². The quantitative estimate of drug-likeness (QED) is 0.817. The average Bonchev–Trinajstić information content (AvgIpc) is 3.19. The molecule has 27 heavy (non-hydrogen) atoms. The van der Waals surface area contributed by atoms with E-state index in [2.05, 4.69) is 14.9 Å². The van der Waals surface area contributed by atoms with Gasteiger partial charge in [0.25, 0.3) is 5.91 Å². The minimum atomic E-state index is -0.621. The van der Waals surface area contributed by atoms with Crippen LogP contribution in [0.5, 0.6) is 0 Å². The Morgan fingerprint density at radius 2 is 2.00 bits per heavy atom. The number of amides is 1. The molecule has 0 spiro atoms. The summed E-state index contributed by atoms with van der Waals surface area (Å²) >= 11 is 12.5. The monoisotopic (exact) mass is 405 g/mol. The van der Waals surface area contributed by atoms with Crippen LogP contribution in [-0.2, 0) is 0 Å². The minimum absolute atomic E-state index is 0.156. The van der Waals surface area contributed by atoms with Crippen molar-refractivity contribution < 1.29 is 4.79 Å². The number of hydrogen-bond donors (Lipinski definition) is 2. The van der Waals surface area contributed by atoms with Crippen LogP contribution in [0.2, 0.25) is 10.0 Å². The summed E-state index contributed by atoms with van der Waals surface area (Å²) in [5.74, 6) is 0.907. The van der Waals surface area contributed by atoms with Gasteiger partial charge in [-0.3, -0.25) is 4.79 Å². The van der Waals surface area contributed by atoms with E-state index in [0.29, 0.717) is 44.7 Å². The molecule has 1 aliphatic heterocycles. The first kappa shape index (κ1) is 18.5. The van der Waals surface area contributed by atoms with Crippen molar-refractivity contribution in [2.45, 2.75) is 25.8 Å². The smallest absolute Gasteiger partial charge is 0.268 e. The Morgan fingerprint density at radius 3 is 2.70 bits per heavy atom. The molecule has 0 unspecified atom stereocenters. The molecule has 4 N–H and O–H groups in total. The van der Waals surface area contributed by atoms with Crippen molar-refractivity contribution in [1.82, 2.24) is 9.97 Å². The molecule has 0 radical (unpaired) electrons. The largest absolute Gasteiger partial charge is 0.364 e. The standard InChI is InChI=1S/C19H21Cl2N5O/c1-9-15(11-3-2-4-13(20)16(11)21)17(18(23)27)25-19(24-9)26-7-10-5-6-14(22)12(10)8-26/h2-4,10,12,14H,5-8,22H2,1H3,(H2,23,27)/t10-,12+,14-/m1/s1. The van der Waals surface area contributed by atoms with Crippen molar-refractivity contribution in [3.05, 3.63) is 39.6 Å². The Morgan fingerprint density at radius 1 is 1.22 bits per heavy atom. The molecule has 8 heteroatoms. The van der Waals surface area contributed by atoms with Gasteiger partial charge in [-0.05, 0) is 37.7 Å². The molecule has 1 saturated carbocycles. The number of benzene rings is 1. The van der Waals surface area contributed by atoms with Gasteiger partial charge in [0.05, 0.1) is 15.7 Å². The molecular weight excluding hydrogens is 385 g/mol. The van der Waals surface area contributed by atoms with Crippen LogP contribution in [0.1, 0.15) is 29.0 Å². The molecule has 1 amide bonds. The van der Waals surface area contributed by atoms with Gasteiger partial charge in [0.1, 0.15) is 5.69 Å². The Balaban J connectivity index is 1.77. The average molecular weight is 406 g/mol. The lowest BCUT2D eigenvalue weighted by Gasteiger charge is -2.21. The van der Waals surface area contributed by atoms with E-state index in [4.69, 9.17) is 34.7 Å². The number of anilines is 1. The third-order valence-corrected chi connectivity index (χ3v) is 6.55. The summed E-state index contributed by atoms with van der Waals surface area (Å²) in [6.45, 7) is 3.49. The second kappa shape index (κ2) is 6.93. The van der Waals surface area contributed by atoms with Crippen LogP contribution in [0.15, 0.2) is 18.2 Å².